The summed E-state index contributed by atoms with van der Waals surface area (Å²) in [4.78, 5) is 0. The summed E-state index contributed by atoms with van der Waals surface area (Å²) < 4.78 is 2.04. The number of rotatable bonds is 4. The lowest BCUT2D eigenvalue weighted by atomic mass is 9.94. The number of aliphatic hydroxyl groups excluding tert-OH is 1. The van der Waals surface area contributed by atoms with Gasteiger partial charge in [0.25, 0.3) is 0 Å². The molecule has 0 saturated carbocycles. The molecule has 0 aliphatic heterocycles. The fourth-order valence-electron chi connectivity index (χ4n) is 2.26. The maximum Gasteiger partial charge on any atom is 0.0723 e. The van der Waals surface area contributed by atoms with E-state index in [1.165, 1.54) is 5.57 Å². The molecule has 1 heterocycles. The molecule has 0 bridgehead atoms. The Hall–Kier alpha value is -1.09. The van der Waals surface area contributed by atoms with Gasteiger partial charge in [-0.05, 0) is 38.7 Å². The molecule has 2 unspecified atom stereocenters. The quantitative estimate of drug-likeness (QED) is 0.813. The molecule has 0 aromatic carbocycles. The Kier molecular flexibility index (Phi) is 4.00. The number of hydrogen-bond acceptors (Lipinski definition) is 2. The van der Waals surface area contributed by atoms with E-state index in [0.29, 0.717) is 6.04 Å². The first kappa shape index (κ1) is 12.4. The van der Waals surface area contributed by atoms with Crippen molar-refractivity contribution in [1.82, 2.24) is 9.78 Å². The van der Waals surface area contributed by atoms with E-state index in [9.17, 15) is 5.11 Å². The highest BCUT2D eigenvalue weighted by Crippen LogP contribution is 2.21. The minimum Gasteiger partial charge on any atom is -0.389 e. The molecule has 0 radical (unpaired) electrons. The molecule has 94 valence electrons. The summed E-state index contributed by atoms with van der Waals surface area (Å²) in [6, 6.07) is 2.56. The molecule has 2 atom stereocenters. The molecule has 1 aliphatic carbocycles. The van der Waals surface area contributed by atoms with Crippen LogP contribution in [0.5, 0.6) is 0 Å². The Morgan fingerprint density at radius 3 is 3.12 bits per heavy atom. The second-order valence-electron chi connectivity index (χ2n) is 5.01. The van der Waals surface area contributed by atoms with Crippen LogP contribution >= 0.6 is 0 Å². The van der Waals surface area contributed by atoms with E-state index >= 15 is 0 Å². The lowest BCUT2D eigenvalue weighted by Gasteiger charge is -2.16. The van der Waals surface area contributed by atoms with E-state index in [1.807, 2.05) is 10.8 Å². The SMILES string of the molecule is CCC(C)n1ccc(CC2=CC(O)CCC2)n1. The van der Waals surface area contributed by atoms with E-state index in [2.05, 4.69) is 31.2 Å². The van der Waals surface area contributed by atoms with Gasteiger partial charge in [-0.15, -0.1) is 0 Å². The second-order valence-corrected chi connectivity index (χ2v) is 5.01. The lowest BCUT2D eigenvalue weighted by Crippen LogP contribution is -2.10. The van der Waals surface area contributed by atoms with Crippen LogP contribution in [0.1, 0.15) is 51.3 Å². The summed E-state index contributed by atoms with van der Waals surface area (Å²) in [6.07, 6.45) is 8.92. The van der Waals surface area contributed by atoms with Crippen molar-refractivity contribution in [2.45, 2.75) is 58.1 Å². The summed E-state index contributed by atoms with van der Waals surface area (Å²) in [6.45, 7) is 4.35. The van der Waals surface area contributed by atoms with Gasteiger partial charge in [0, 0.05) is 18.7 Å². The van der Waals surface area contributed by atoms with Crippen LogP contribution < -0.4 is 0 Å². The normalized spacial score (nSPS) is 22.3. The van der Waals surface area contributed by atoms with Crippen LogP contribution in [0.4, 0.5) is 0 Å². The summed E-state index contributed by atoms with van der Waals surface area (Å²) in [5.41, 5.74) is 2.45. The highest BCUT2D eigenvalue weighted by atomic mass is 16.3. The maximum absolute atomic E-state index is 9.59. The van der Waals surface area contributed by atoms with Crippen molar-refractivity contribution in [1.29, 1.82) is 0 Å². The summed E-state index contributed by atoms with van der Waals surface area (Å²) in [5, 5.41) is 14.2. The molecule has 0 fully saturated rings. The number of aromatic nitrogens is 2. The zero-order valence-corrected chi connectivity index (χ0v) is 10.8. The van der Waals surface area contributed by atoms with Gasteiger partial charge in [0.1, 0.15) is 0 Å². The first-order valence-corrected chi connectivity index (χ1v) is 6.60. The van der Waals surface area contributed by atoms with Crippen molar-refractivity contribution in [3.8, 4) is 0 Å². The third kappa shape index (κ3) is 3.19. The van der Waals surface area contributed by atoms with Crippen molar-refractivity contribution in [3.05, 3.63) is 29.6 Å². The molecule has 2 rings (SSSR count). The second kappa shape index (κ2) is 5.50. The summed E-state index contributed by atoms with van der Waals surface area (Å²) >= 11 is 0. The van der Waals surface area contributed by atoms with Crippen LogP contribution in [0.3, 0.4) is 0 Å². The van der Waals surface area contributed by atoms with Gasteiger partial charge in [-0.25, -0.2) is 0 Å². The topological polar surface area (TPSA) is 38.0 Å². The molecule has 1 N–H and O–H groups in total. The van der Waals surface area contributed by atoms with Crippen molar-refractivity contribution >= 4 is 0 Å². The van der Waals surface area contributed by atoms with Crippen LogP contribution in [0.25, 0.3) is 0 Å². The predicted molar refractivity (Wildman–Crippen MR) is 68.9 cm³/mol. The maximum atomic E-state index is 9.59. The van der Waals surface area contributed by atoms with E-state index < -0.39 is 0 Å². The fraction of sp³-hybridized carbons (Fsp3) is 0.643. The van der Waals surface area contributed by atoms with Gasteiger partial charge in [0.15, 0.2) is 0 Å². The molecule has 0 saturated heterocycles. The molecule has 1 aliphatic rings. The highest BCUT2D eigenvalue weighted by molar-refractivity contribution is 5.17. The van der Waals surface area contributed by atoms with Gasteiger partial charge in [0.05, 0.1) is 11.8 Å². The molecule has 1 aromatic heterocycles. The van der Waals surface area contributed by atoms with Crippen LogP contribution in [0.2, 0.25) is 0 Å². The third-order valence-electron chi connectivity index (χ3n) is 3.54. The van der Waals surface area contributed by atoms with Gasteiger partial charge in [-0.1, -0.05) is 18.6 Å². The van der Waals surface area contributed by atoms with E-state index in [0.717, 1.165) is 37.8 Å². The van der Waals surface area contributed by atoms with Crippen LogP contribution in [0.15, 0.2) is 23.9 Å². The van der Waals surface area contributed by atoms with Crippen molar-refractivity contribution in [2.24, 2.45) is 0 Å². The molecule has 3 nitrogen and oxygen atoms in total. The van der Waals surface area contributed by atoms with Gasteiger partial charge in [-0.3, -0.25) is 4.68 Å². The molecule has 3 heteroatoms. The van der Waals surface area contributed by atoms with Crippen molar-refractivity contribution < 1.29 is 5.11 Å². The minimum absolute atomic E-state index is 0.240. The molecular formula is C14H22N2O. The Morgan fingerprint density at radius 2 is 2.41 bits per heavy atom. The first-order chi connectivity index (χ1) is 8.19. The predicted octanol–water partition coefficient (Wildman–Crippen LogP) is 2.87. The number of hydrogen-bond donors (Lipinski definition) is 1. The van der Waals surface area contributed by atoms with E-state index in [4.69, 9.17) is 0 Å². The highest BCUT2D eigenvalue weighted by Gasteiger charge is 2.12. The smallest absolute Gasteiger partial charge is 0.0723 e. The van der Waals surface area contributed by atoms with Gasteiger partial charge < -0.3 is 5.11 Å². The van der Waals surface area contributed by atoms with E-state index in [1.54, 1.807) is 0 Å². The van der Waals surface area contributed by atoms with E-state index in [-0.39, 0.29) is 6.10 Å². The average Bonchev–Trinajstić information content (AvgIpc) is 2.76. The Labute approximate surface area is 103 Å². The number of nitrogens with zero attached hydrogens (tertiary/aromatic N) is 2. The largest absolute Gasteiger partial charge is 0.389 e. The van der Waals surface area contributed by atoms with Crippen LogP contribution in [-0.4, -0.2) is 21.0 Å². The van der Waals surface area contributed by atoms with Crippen molar-refractivity contribution in [3.63, 3.8) is 0 Å². The van der Waals surface area contributed by atoms with Gasteiger partial charge in [0.2, 0.25) is 0 Å². The Bertz CT molecular complexity index is 395. The number of aliphatic hydroxyl groups is 1. The first-order valence-electron chi connectivity index (χ1n) is 6.60. The zero-order valence-electron chi connectivity index (χ0n) is 10.8. The average molecular weight is 234 g/mol. The summed E-state index contributed by atoms with van der Waals surface area (Å²) in [5.74, 6) is 0. The Morgan fingerprint density at radius 1 is 1.59 bits per heavy atom. The molecule has 1 aromatic rings. The third-order valence-corrected chi connectivity index (χ3v) is 3.54. The van der Waals surface area contributed by atoms with Crippen molar-refractivity contribution in [2.75, 3.05) is 0 Å². The van der Waals surface area contributed by atoms with Gasteiger partial charge >= 0.3 is 0 Å². The zero-order chi connectivity index (χ0) is 12.3. The molecule has 0 spiro atoms. The standard InChI is InChI=1S/C14H22N2O/c1-3-11(2)16-8-7-13(15-16)9-12-5-4-6-14(17)10-12/h7-8,10-11,14,17H,3-6,9H2,1-2H3. The van der Waals surface area contributed by atoms with Gasteiger partial charge in [-0.2, -0.15) is 5.10 Å². The molecule has 17 heavy (non-hydrogen) atoms. The van der Waals surface area contributed by atoms with Crippen LogP contribution in [-0.2, 0) is 6.42 Å². The minimum atomic E-state index is -0.240. The molecule has 0 amide bonds. The Balaban J connectivity index is 2.01. The van der Waals surface area contributed by atoms with Crippen LogP contribution in [0, 0.1) is 0 Å². The lowest BCUT2D eigenvalue weighted by molar-refractivity contribution is 0.202. The fourth-order valence-corrected chi connectivity index (χ4v) is 2.26. The monoisotopic (exact) mass is 234 g/mol. The number of allylic oxidation sites excluding steroid dienone is 1. The molecular weight excluding hydrogens is 212 g/mol. The summed E-state index contributed by atoms with van der Waals surface area (Å²) in [7, 11) is 0.